The van der Waals surface area contributed by atoms with Crippen LogP contribution in [-0.4, -0.2) is 44.2 Å². The van der Waals surface area contributed by atoms with Crippen molar-refractivity contribution in [3.8, 4) is 11.5 Å². The summed E-state index contributed by atoms with van der Waals surface area (Å²) >= 11 is 0. The fraction of sp³-hybridized carbons (Fsp3) is 0.476. The highest BCUT2D eigenvalue weighted by molar-refractivity contribution is 6.06. The third-order valence-corrected chi connectivity index (χ3v) is 5.48. The predicted octanol–water partition coefficient (Wildman–Crippen LogP) is 3.61. The molecule has 28 heavy (non-hydrogen) atoms. The molecule has 0 aliphatic carbocycles. The molecular weight excluding hydrogens is 354 g/mol. The van der Waals surface area contributed by atoms with Crippen molar-refractivity contribution in [3.05, 3.63) is 36.2 Å². The Kier molecular flexibility index (Phi) is 4.93. The molecule has 1 saturated heterocycles. The molecule has 148 valence electrons. The van der Waals surface area contributed by atoms with Crippen LogP contribution in [0.3, 0.4) is 0 Å². The minimum Gasteiger partial charge on any atom is -0.463 e. The van der Waals surface area contributed by atoms with Gasteiger partial charge in [-0.3, -0.25) is 4.79 Å². The number of hydrogen-bond donors (Lipinski definition) is 1. The fourth-order valence-electron chi connectivity index (χ4n) is 4.03. The molecule has 3 aromatic rings. The predicted molar refractivity (Wildman–Crippen MR) is 108 cm³/mol. The van der Waals surface area contributed by atoms with Crippen LogP contribution in [-0.2, 0) is 0 Å². The molecule has 1 amide bonds. The highest BCUT2D eigenvalue weighted by Gasteiger charge is 2.31. The Balaban J connectivity index is 1.86. The van der Waals surface area contributed by atoms with Crippen molar-refractivity contribution in [2.75, 3.05) is 6.54 Å². The molecule has 1 aliphatic rings. The molecule has 0 saturated carbocycles. The van der Waals surface area contributed by atoms with E-state index in [-0.39, 0.29) is 24.0 Å². The first-order valence-electron chi connectivity index (χ1n) is 9.96. The lowest BCUT2D eigenvalue weighted by Gasteiger charge is -2.38. The van der Waals surface area contributed by atoms with Gasteiger partial charge in [-0.05, 0) is 58.2 Å². The second-order valence-corrected chi connectivity index (χ2v) is 7.87. The standard InChI is InChI=1S/C21H27N5O2/c1-13(2)26-20-16(12-23-26)15(11-17(24-20)19-8-6-10-28-19)21(27)25-9-5-4-7-18(25)14(3)22/h6,8,10-14,18H,4-5,7,9,22H2,1-3H3. The van der Waals surface area contributed by atoms with Crippen LogP contribution in [0.2, 0.25) is 0 Å². The van der Waals surface area contributed by atoms with Gasteiger partial charge in [0.25, 0.3) is 5.91 Å². The van der Waals surface area contributed by atoms with Gasteiger partial charge < -0.3 is 15.1 Å². The quantitative estimate of drug-likeness (QED) is 0.745. The lowest BCUT2D eigenvalue weighted by molar-refractivity contribution is 0.0586. The van der Waals surface area contributed by atoms with E-state index in [1.54, 1.807) is 12.5 Å². The summed E-state index contributed by atoms with van der Waals surface area (Å²) in [6, 6.07) is 5.61. The maximum absolute atomic E-state index is 13.6. The number of hydrogen-bond acceptors (Lipinski definition) is 5. The van der Waals surface area contributed by atoms with Gasteiger partial charge in [0.1, 0.15) is 5.69 Å². The van der Waals surface area contributed by atoms with Crippen molar-refractivity contribution in [2.24, 2.45) is 5.73 Å². The topological polar surface area (TPSA) is 90.2 Å². The number of furan rings is 1. The summed E-state index contributed by atoms with van der Waals surface area (Å²) in [7, 11) is 0. The SMILES string of the molecule is CC(N)C1CCCCN1C(=O)c1cc(-c2ccco2)nc2c1cnn2C(C)C. The first-order valence-corrected chi connectivity index (χ1v) is 9.96. The van der Waals surface area contributed by atoms with Crippen molar-refractivity contribution in [1.82, 2.24) is 19.7 Å². The Bertz CT molecular complexity index is 974. The van der Waals surface area contributed by atoms with Crippen LogP contribution in [0.5, 0.6) is 0 Å². The molecular formula is C21H27N5O2. The smallest absolute Gasteiger partial charge is 0.255 e. The van der Waals surface area contributed by atoms with Gasteiger partial charge in [0.05, 0.1) is 23.4 Å². The molecule has 0 bridgehead atoms. The molecule has 7 heteroatoms. The van der Waals surface area contributed by atoms with Crippen LogP contribution < -0.4 is 5.73 Å². The van der Waals surface area contributed by atoms with E-state index in [0.717, 1.165) is 31.2 Å². The van der Waals surface area contributed by atoms with Crippen LogP contribution in [0.4, 0.5) is 0 Å². The van der Waals surface area contributed by atoms with Crippen molar-refractivity contribution in [3.63, 3.8) is 0 Å². The first kappa shape index (κ1) is 18.7. The van der Waals surface area contributed by atoms with E-state index in [0.29, 0.717) is 22.7 Å². The van der Waals surface area contributed by atoms with Gasteiger partial charge in [-0.25, -0.2) is 9.67 Å². The molecule has 3 aromatic heterocycles. The molecule has 1 aliphatic heterocycles. The van der Waals surface area contributed by atoms with Crippen molar-refractivity contribution in [2.45, 2.75) is 58.2 Å². The van der Waals surface area contributed by atoms with Gasteiger partial charge in [-0.15, -0.1) is 0 Å². The average Bonchev–Trinajstić information content (AvgIpc) is 3.36. The molecule has 7 nitrogen and oxygen atoms in total. The summed E-state index contributed by atoms with van der Waals surface area (Å²) in [6.45, 7) is 6.80. The second-order valence-electron chi connectivity index (χ2n) is 7.87. The molecule has 0 spiro atoms. The van der Waals surface area contributed by atoms with E-state index in [1.165, 1.54) is 0 Å². The molecule has 1 fully saturated rings. The van der Waals surface area contributed by atoms with Gasteiger partial charge >= 0.3 is 0 Å². The summed E-state index contributed by atoms with van der Waals surface area (Å²) in [6.07, 6.45) is 6.39. The van der Waals surface area contributed by atoms with E-state index in [2.05, 4.69) is 5.10 Å². The monoisotopic (exact) mass is 381 g/mol. The van der Waals surface area contributed by atoms with Gasteiger partial charge in [-0.2, -0.15) is 5.10 Å². The molecule has 2 N–H and O–H groups in total. The lowest BCUT2D eigenvalue weighted by Crippen LogP contribution is -2.51. The van der Waals surface area contributed by atoms with Crippen molar-refractivity contribution in [1.29, 1.82) is 0 Å². The third kappa shape index (κ3) is 3.20. The fourth-order valence-corrected chi connectivity index (χ4v) is 4.03. The largest absolute Gasteiger partial charge is 0.463 e. The van der Waals surface area contributed by atoms with Crippen LogP contribution >= 0.6 is 0 Å². The van der Waals surface area contributed by atoms with Gasteiger partial charge in [0.2, 0.25) is 0 Å². The van der Waals surface area contributed by atoms with E-state index in [4.69, 9.17) is 15.1 Å². The zero-order chi connectivity index (χ0) is 19.8. The van der Waals surface area contributed by atoms with Gasteiger partial charge in [0, 0.05) is 24.7 Å². The Morgan fingerprint density at radius 2 is 2.14 bits per heavy atom. The summed E-state index contributed by atoms with van der Waals surface area (Å²) in [5.74, 6) is 0.625. The maximum atomic E-state index is 13.6. The molecule has 4 rings (SSSR count). The number of aromatic nitrogens is 3. The first-order chi connectivity index (χ1) is 13.5. The normalized spacial score (nSPS) is 18.8. The summed E-state index contributed by atoms with van der Waals surface area (Å²) < 4.78 is 7.39. The number of nitrogens with zero attached hydrogens (tertiary/aromatic N) is 4. The average molecular weight is 381 g/mol. The van der Waals surface area contributed by atoms with Gasteiger partial charge in [0.15, 0.2) is 11.4 Å². The minimum absolute atomic E-state index is 0.00878. The van der Waals surface area contributed by atoms with Crippen molar-refractivity contribution >= 4 is 16.9 Å². The Labute approximate surface area is 164 Å². The van der Waals surface area contributed by atoms with Gasteiger partial charge in [-0.1, -0.05) is 0 Å². The number of rotatable bonds is 4. The summed E-state index contributed by atoms with van der Waals surface area (Å²) in [5.41, 5.74) is 8.14. The lowest BCUT2D eigenvalue weighted by atomic mass is 9.95. The number of amides is 1. The van der Waals surface area contributed by atoms with E-state index in [1.807, 2.05) is 48.6 Å². The molecule has 2 unspecified atom stereocenters. The van der Waals surface area contributed by atoms with Crippen LogP contribution in [0, 0.1) is 0 Å². The Hall–Kier alpha value is -2.67. The zero-order valence-corrected chi connectivity index (χ0v) is 16.6. The number of nitrogens with two attached hydrogens (primary N) is 1. The van der Waals surface area contributed by atoms with Crippen molar-refractivity contribution < 1.29 is 9.21 Å². The number of carbonyl (C=O) groups is 1. The minimum atomic E-state index is -0.0653. The summed E-state index contributed by atoms with van der Waals surface area (Å²) in [4.78, 5) is 20.3. The summed E-state index contributed by atoms with van der Waals surface area (Å²) in [5, 5.41) is 5.25. The third-order valence-electron chi connectivity index (χ3n) is 5.48. The molecule has 0 radical (unpaired) electrons. The molecule has 2 atom stereocenters. The van der Waals surface area contributed by atoms with Crippen LogP contribution in [0.15, 0.2) is 35.1 Å². The highest BCUT2D eigenvalue weighted by Crippen LogP contribution is 2.29. The molecule has 0 aromatic carbocycles. The highest BCUT2D eigenvalue weighted by atomic mass is 16.3. The molecule has 4 heterocycles. The zero-order valence-electron chi connectivity index (χ0n) is 16.6. The second kappa shape index (κ2) is 7.39. The van der Waals surface area contributed by atoms with E-state index in [9.17, 15) is 4.79 Å². The number of piperidine rings is 1. The van der Waals surface area contributed by atoms with Crippen LogP contribution in [0.25, 0.3) is 22.5 Å². The van der Waals surface area contributed by atoms with E-state index >= 15 is 0 Å². The Morgan fingerprint density at radius 1 is 1.32 bits per heavy atom. The number of likely N-dealkylation sites (tertiary alicyclic amines) is 1. The number of carbonyl (C=O) groups excluding carboxylic acids is 1. The van der Waals surface area contributed by atoms with Crippen LogP contribution in [0.1, 0.15) is 56.4 Å². The number of pyridine rings is 1. The number of fused-ring (bicyclic) bond motifs is 1. The van der Waals surface area contributed by atoms with E-state index < -0.39 is 0 Å². The maximum Gasteiger partial charge on any atom is 0.255 e. The Morgan fingerprint density at radius 3 is 2.82 bits per heavy atom.